The van der Waals surface area contributed by atoms with Gasteiger partial charge in [-0.1, -0.05) is 24.3 Å². The number of carbonyl (C=O) groups excluding carboxylic acids is 4. The molecule has 2 aromatic carbocycles. The van der Waals surface area contributed by atoms with Crippen LogP contribution < -0.4 is 0 Å². The van der Waals surface area contributed by atoms with Gasteiger partial charge < -0.3 is 13.9 Å². The maximum Gasteiger partial charge on any atom is 0.345 e. The number of carbonyl (C=O) groups is 4. The van der Waals surface area contributed by atoms with Crippen LogP contribution in [0.2, 0.25) is 0 Å². The minimum absolute atomic E-state index is 0.0185. The number of nitro groups is 1. The number of ether oxygens (including phenoxy) is 2. The predicted octanol–water partition coefficient (Wildman–Crippen LogP) is 3.42. The first-order chi connectivity index (χ1) is 15.7. The van der Waals surface area contributed by atoms with Crippen LogP contribution >= 0.6 is 0 Å². The van der Waals surface area contributed by atoms with Crippen LogP contribution in [0.15, 0.2) is 46.9 Å². The fraction of sp³-hybridized carbons (Fsp3) is 0.130. The molecule has 1 aromatic heterocycles. The predicted molar refractivity (Wildman–Crippen MR) is 110 cm³/mol. The molecule has 0 aliphatic heterocycles. The van der Waals surface area contributed by atoms with Crippen molar-refractivity contribution < 1.29 is 38.0 Å². The zero-order valence-electron chi connectivity index (χ0n) is 17.4. The third-order valence-electron chi connectivity index (χ3n) is 5.19. The lowest BCUT2D eigenvalue weighted by Gasteiger charge is -2.18. The average Bonchev–Trinajstić information content (AvgIpc) is 3.19. The summed E-state index contributed by atoms with van der Waals surface area (Å²) in [6.45, 7) is 1.09. The molecule has 0 N–H and O–H groups in total. The number of aryl methyl sites for hydroxylation is 1. The molecular formula is C23H15NO9. The largest absolute Gasteiger partial charge is 0.465 e. The number of methoxy groups -OCH3 is 1. The normalized spacial score (nSPS) is 12.1. The number of hydrogen-bond acceptors (Lipinski definition) is 9. The Hall–Kier alpha value is -4.60. The molecule has 1 heterocycles. The third-order valence-corrected chi connectivity index (χ3v) is 5.19. The first-order valence-electron chi connectivity index (χ1n) is 9.59. The molecule has 0 amide bonds. The third kappa shape index (κ3) is 3.57. The highest BCUT2D eigenvalue weighted by molar-refractivity contribution is 6.30. The lowest BCUT2D eigenvalue weighted by atomic mass is 9.82. The molecule has 1 aliphatic carbocycles. The minimum Gasteiger partial charge on any atom is -0.465 e. The maximum absolute atomic E-state index is 13.0. The fourth-order valence-electron chi connectivity index (χ4n) is 3.67. The van der Waals surface area contributed by atoms with E-state index in [2.05, 4.69) is 4.74 Å². The topological polar surface area (TPSA) is 143 Å². The highest BCUT2D eigenvalue weighted by Gasteiger charge is 2.39. The van der Waals surface area contributed by atoms with Crippen molar-refractivity contribution in [1.82, 2.24) is 0 Å². The number of fused-ring (bicyclic) bond motifs is 2. The summed E-state index contributed by atoms with van der Waals surface area (Å²) >= 11 is 0. The summed E-state index contributed by atoms with van der Waals surface area (Å²) in [5, 5.41) is 11.9. The lowest BCUT2D eigenvalue weighted by Crippen LogP contribution is -2.23. The molecule has 0 spiro atoms. The van der Waals surface area contributed by atoms with E-state index in [4.69, 9.17) is 9.15 Å². The van der Waals surface area contributed by atoms with Gasteiger partial charge in [0.05, 0.1) is 12.0 Å². The van der Waals surface area contributed by atoms with Gasteiger partial charge in [0, 0.05) is 16.7 Å². The Morgan fingerprint density at radius 2 is 1.64 bits per heavy atom. The molecule has 0 bridgehead atoms. The lowest BCUT2D eigenvalue weighted by molar-refractivity contribution is -0.385. The molecule has 10 heteroatoms. The zero-order valence-corrected chi connectivity index (χ0v) is 17.4. The number of esters is 2. The molecule has 0 atom stereocenters. The molecule has 4 rings (SSSR count). The molecule has 166 valence electrons. The van der Waals surface area contributed by atoms with E-state index in [0.717, 1.165) is 6.07 Å². The van der Waals surface area contributed by atoms with Crippen LogP contribution in [0.5, 0.6) is 0 Å². The van der Waals surface area contributed by atoms with Crippen LogP contribution in [-0.2, 0) is 16.1 Å². The van der Waals surface area contributed by atoms with Crippen molar-refractivity contribution >= 4 is 29.2 Å². The van der Waals surface area contributed by atoms with E-state index in [9.17, 15) is 29.3 Å². The molecule has 10 nitrogen and oxygen atoms in total. The van der Waals surface area contributed by atoms with Crippen molar-refractivity contribution in [3.63, 3.8) is 0 Å². The van der Waals surface area contributed by atoms with Gasteiger partial charge in [0.2, 0.25) is 5.78 Å². The SMILES string of the molecule is COC(=O)c1cc(COC(=O)c2ccc3c(c2[N+](=O)[O-])C(=O)c2ccccc2C3=O)oc1C. The summed E-state index contributed by atoms with van der Waals surface area (Å²) in [5.41, 5.74) is -1.62. The number of hydrogen-bond donors (Lipinski definition) is 0. The smallest absolute Gasteiger partial charge is 0.345 e. The van der Waals surface area contributed by atoms with Gasteiger partial charge >= 0.3 is 11.9 Å². The van der Waals surface area contributed by atoms with Crippen molar-refractivity contribution in [1.29, 1.82) is 0 Å². The molecule has 0 saturated heterocycles. The summed E-state index contributed by atoms with van der Waals surface area (Å²) in [6, 6.07) is 9.57. The number of ketones is 2. The quantitative estimate of drug-likeness (QED) is 0.254. The van der Waals surface area contributed by atoms with E-state index in [1.165, 1.54) is 44.4 Å². The van der Waals surface area contributed by atoms with Gasteiger partial charge in [0.1, 0.15) is 34.8 Å². The van der Waals surface area contributed by atoms with Crippen LogP contribution in [0.3, 0.4) is 0 Å². The van der Waals surface area contributed by atoms with E-state index < -0.39 is 51.8 Å². The first-order valence-corrected chi connectivity index (χ1v) is 9.59. The molecule has 0 saturated carbocycles. The van der Waals surface area contributed by atoms with Crippen molar-refractivity contribution in [3.8, 4) is 0 Å². The van der Waals surface area contributed by atoms with Crippen LogP contribution in [0.25, 0.3) is 0 Å². The Labute approximate surface area is 185 Å². The van der Waals surface area contributed by atoms with Gasteiger partial charge in [-0.2, -0.15) is 0 Å². The van der Waals surface area contributed by atoms with Crippen LogP contribution in [-0.4, -0.2) is 35.5 Å². The summed E-state index contributed by atoms with van der Waals surface area (Å²) in [4.78, 5) is 61.1. The highest BCUT2D eigenvalue weighted by atomic mass is 16.6. The summed E-state index contributed by atoms with van der Waals surface area (Å²) in [6.07, 6.45) is 0. The summed E-state index contributed by atoms with van der Waals surface area (Å²) in [7, 11) is 1.20. The van der Waals surface area contributed by atoms with Gasteiger partial charge in [-0.15, -0.1) is 0 Å². The average molecular weight is 449 g/mol. The minimum atomic E-state index is -1.10. The van der Waals surface area contributed by atoms with E-state index in [-0.39, 0.29) is 33.8 Å². The monoisotopic (exact) mass is 449 g/mol. The zero-order chi connectivity index (χ0) is 23.9. The van der Waals surface area contributed by atoms with Gasteiger partial charge in [0.25, 0.3) is 5.69 Å². The molecule has 3 aromatic rings. The van der Waals surface area contributed by atoms with Gasteiger partial charge in [-0.3, -0.25) is 19.7 Å². The Morgan fingerprint density at radius 3 is 2.27 bits per heavy atom. The Balaban J connectivity index is 1.69. The van der Waals surface area contributed by atoms with Crippen molar-refractivity contribution in [3.05, 3.63) is 97.5 Å². The van der Waals surface area contributed by atoms with Gasteiger partial charge in [-0.05, 0) is 25.1 Å². The molecule has 1 aliphatic rings. The van der Waals surface area contributed by atoms with E-state index >= 15 is 0 Å². The van der Waals surface area contributed by atoms with Gasteiger partial charge in [0.15, 0.2) is 5.78 Å². The first kappa shape index (κ1) is 21.6. The fourth-order valence-corrected chi connectivity index (χ4v) is 3.67. The molecule has 0 fully saturated rings. The highest BCUT2D eigenvalue weighted by Crippen LogP contribution is 2.36. The number of furan rings is 1. The van der Waals surface area contributed by atoms with E-state index in [1.54, 1.807) is 6.07 Å². The maximum atomic E-state index is 13.0. The second kappa shape index (κ2) is 8.15. The van der Waals surface area contributed by atoms with Crippen LogP contribution in [0.4, 0.5) is 5.69 Å². The van der Waals surface area contributed by atoms with Crippen LogP contribution in [0, 0.1) is 17.0 Å². The Kier molecular flexibility index (Phi) is 5.34. The number of rotatable bonds is 5. The molecule has 0 radical (unpaired) electrons. The number of nitrogens with zero attached hydrogens (tertiary/aromatic N) is 1. The summed E-state index contributed by atoms with van der Waals surface area (Å²) < 4.78 is 15.1. The number of benzene rings is 2. The van der Waals surface area contributed by atoms with Crippen molar-refractivity contribution in [2.24, 2.45) is 0 Å². The number of nitro benzene ring substituents is 1. The molecular weight excluding hydrogens is 434 g/mol. The van der Waals surface area contributed by atoms with Crippen molar-refractivity contribution in [2.45, 2.75) is 13.5 Å². The van der Waals surface area contributed by atoms with Gasteiger partial charge in [-0.25, -0.2) is 9.59 Å². The Bertz CT molecular complexity index is 1370. The molecule has 0 unspecified atom stereocenters. The second-order valence-corrected chi connectivity index (χ2v) is 7.10. The second-order valence-electron chi connectivity index (χ2n) is 7.10. The molecule has 33 heavy (non-hydrogen) atoms. The van der Waals surface area contributed by atoms with E-state index in [0.29, 0.717) is 0 Å². The summed E-state index contributed by atoms with van der Waals surface area (Å²) in [5.74, 6) is -2.66. The van der Waals surface area contributed by atoms with Crippen molar-refractivity contribution in [2.75, 3.05) is 7.11 Å². The standard InChI is InChI=1S/C23H15NO9/c1-11-17(22(27)31-2)9-12(33-11)10-32-23(28)16-8-7-15-18(19(16)24(29)30)21(26)14-6-4-3-5-13(14)20(15)25/h3-9H,10H2,1-2H3. The Morgan fingerprint density at radius 1 is 0.970 bits per heavy atom. The van der Waals surface area contributed by atoms with E-state index in [1.807, 2.05) is 0 Å². The van der Waals surface area contributed by atoms with Crippen LogP contribution in [0.1, 0.15) is 64.1 Å².